The Labute approximate surface area is 286 Å². The lowest BCUT2D eigenvalue weighted by atomic mass is 9.65. The highest BCUT2D eigenvalue weighted by atomic mass is 16.7. The Balaban J connectivity index is 1.47. The average molecular weight is 685 g/mol. The van der Waals surface area contributed by atoms with Crippen LogP contribution < -0.4 is 0 Å². The van der Waals surface area contributed by atoms with Crippen LogP contribution in [0.15, 0.2) is 54.1 Å². The average Bonchev–Trinajstić information content (AvgIpc) is 3.59. The standard InChI is InChI=1S/C36H48N2O11/c1-20(2)26-10-8-21(3)27-15-30(48-31(42)11-9-25-16-38(7)19-37-25)35(6)12-13-36(43,49-35)24(14-28(26)27)17-44-34-33(47-23(5)40)32(46-22(4)39)29(41)18-45-34/h8-9,11-14,16,19-20,26-30,32-34,41,43H,10,15,17-18H2,1-7H3/b11-9+,24-14-/t26-,27+,28-,29+,30+,32+,33-,34+,35+,36-/m1/s1. The summed E-state index contributed by atoms with van der Waals surface area (Å²) in [5.41, 5.74) is 0.918. The molecule has 2 bridgehead atoms. The lowest BCUT2D eigenvalue weighted by Crippen LogP contribution is -2.57. The van der Waals surface area contributed by atoms with E-state index < -0.39 is 60.0 Å². The maximum Gasteiger partial charge on any atom is 0.331 e. The molecule has 5 rings (SSSR count). The van der Waals surface area contributed by atoms with E-state index in [0.717, 1.165) is 12.0 Å². The number of aliphatic hydroxyl groups excluding tert-OH is 1. The Kier molecular flexibility index (Phi) is 11.0. The first kappa shape index (κ1) is 36.7. The van der Waals surface area contributed by atoms with E-state index in [9.17, 15) is 24.6 Å². The van der Waals surface area contributed by atoms with Gasteiger partial charge in [-0.25, -0.2) is 9.78 Å². The third-order valence-electron chi connectivity index (χ3n) is 9.87. The molecule has 0 aromatic carbocycles. The minimum Gasteiger partial charge on any atom is -0.456 e. The Morgan fingerprint density at radius 2 is 1.86 bits per heavy atom. The highest BCUT2D eigenvalue weighted by molar-refractivity contribution is 5.86. The number of fused-ring (bicyclic) bond motifs is 3. The van der Waals surface area contributed by atoms with Gasteiger partial charge in [-0.1, -0.05) is 31.6 Å². The van der Waals surface area contributed by atoms with Crippen molar-refractivity contribution in [1.82, 2.24) is 9.55 Å². The minimum absolute atomic E-state index is 0.0614. The smallest absolute Gasteiger partial charge is 0.331 e. The Bertz CT molecular complexity index is 1530. The summed E-state index contributed by atoms with van der Waals surface area (Å²) in [4.78, 5) is 41.3. The van der Waals surface area contributed by atoms with Gasteiger partial charge in [0.1, 0.15) is 17.8 Å². The largest absolute Gasteiger partial charge is 0.456 e. The van der Waals surface area contributed by atoms with Gasteiger partial charge in [0, 0.05) is 38.7 Å². The van der Waals surface area contributed by atoms with Gasteiger partial charge >= 0.3 is 17.9 Å². The lowest BCUT2D eigenvalue weighted by Gasteiger charge is -2.41. The van der Waals surface area contributed by atoms with Crippen molar-refractivity contribution in [3.05, 3.63) is 59.7 Å². The molecule has 0 amide bonds. The number of esters is 3. The van der Waals surface area contributed by atoms with Gasteiger partial charge in [-0.3, -0.25) is 9.59 Å². The SMILES string of the molecule is CC(=O)O[C@@H]1[C@@H](OC(C)=O)[C@@H](OC/C2=C/[C@@H]3[C@@H](C(C)C)CC=C(C)[C@@H]3C[C@H](OC(=O)/C=C/c3cn(C)cn3)[C@]3(C)C=C[C@@]2(O)O3)OC[C@@H]1O. The number of aliphatic hydroxyl groups is 2. The fourth-order valence-corrected chi connectivity index (χ4v) is 7.27. The van der Waals surface area contributed by atoms with E-state index in [-0.39, 0.29) is 36.9 Å². The molecule has 1 fully saturated rings. The van der Waals surface area contributed by atoms with Crippen LogP contribution in [0.1, 0.15) is 60.1 Å². The van der Waals surface area contributed by atoms with E-state index in [4.69, 9.17) is 28.4 Å². The van der Waals surface area contributed by atoms with Crippen LogP contribution in [0.4, 0.5) is 0 Å². The lowest BCUT2D eigenvalue weighted by molar-refractivity contribution is -0.279. The van der Waals surface area contributed by atoms with Gasteiger partial charge in [0.05, 0.1) is 25.2 Å². The minimum atomic E-state index is -1.95. The molecule has 0 saturated carbocycles. The number of nitrogens with zero attached hydrogens (tertiary/aromatic N) is 2. The second-order valence-electron chi connectivity index (χ2n) is 14.0. The van der Waals surface area contributed by atoms with Crippen LogP contribution >= 0.6 is 0 Å². The summed E-state index contributed by atoms with van der Waals surface area (Å²) in [7, 11) is 1.84. The van der Waals surface area contributed by atoms with Gasteiger partial charge in [-0.2, -0.15) is 0 Å². The number of ether oxygens (including phenoxy) is 6. The first-order chi connectivity index (χ1) is 23.1. The number of allylic oxidation sites excluding steroid dienone is 3. The number of hydrogen-bond donors (Lipinski definition) is 2. The van der Waals surface area contributed by atoms with E-state index in [1.54, 1.807) is 36.2 Å². The molecule has 2 N–H and O–H groups in total. The fourth-order valence-electron chi connectivity index (χ4n) is 7.27. The first-order valence-electron chi connectivity index (χ1n) is 16.7. The number of rotatable bonds is 9. The molecule has 0 radical (unpaired) electrons. The molecule has 0 unspecified atom stereocenters. The zero-order chi connectivity index (χ0) is 35.7. The van der Waals surface area contributed by atoms with Crippen LogP contribution in [0.25, 0.3) is 6.08 Å². The second kappa shape index (κ2) is 14.7. The van der Waals surface area contributed by atoms with Gasteiger partial charge in [-0.15, -0.1) is 0 Å². The summed E-state index contributed by atoms with van der Waals surface area (Å²) >= 11 is 0. The van der Waals surface area contributed by atoms with Gasteiger partial charge in [-0.05, 0) is 68.6 Å². The summed E-state index contributed by atoms with van der Waals surface area (Å²) < 4.78 is 37.0. The normalized spacial score (nSPS) is 36.9. The fraction of sp³-hybridized carbons (Fsp3) is 0.611. The van der Waals surface area contributed by atoms with Crippen LogP contribution in [0.2, 0.25) is 0 Å². The summed E-state index contributed by atoms with van der Waals surface area (Å²) in [6.45, 7) is 10.1. The zero-order valence-electron chi connectivity index (χ0n) is 29.1. The highest BCUT2D eigenvalue weighted by Crippen LogP contribution is 2.49. The van der Waals surface area contributed by atoms with E-state index in [0.29, 0.717) is 17.7 Å². The molecule has 0 spiro atoms. The van der Waals surface area contributed by atoms with Crippen molar-refractivity contribution < 1.29 is 53.0 Å². The Morgan fingerprint density at radius 3 is 2.51 bits per heavy atom. The number of imidazole rings is 1. The van der Waals surface area contributed by atoms with E-state index in [2.05, 4.69) is 31.8 Å². The van der Waals surface area contributed by atoms with Crippen molar-refractivity contribution in [2.45, 2.75) is 96.5 Å². The maximum atomic E-state index is 13.2. The van der Waals surface area contributed by atoms with Crippen LogP contribution in [-0.2, 0) is 49.9 Å². The summed E-state index contributed by atoms with van der Waals surface area (Å²) in [5, 5.41) is 22.7. The Morgan fingerprint density at radius 1 is 1.14 bits per heavy atom. The van der Waals surface area contributed by atoms with Crippen molar-refractivity contribution in [2.24, 2.45) is 30.7 Å². The molecular formula is C36H48N2O11. The number of carbonyl (C=O) groups is 3. The molecule has 4 aliphatic rings. The van der Waals surface area contributed by atoms with Crippen molar-refractivity contribution >= 4 is 24.0 Å². The van der Waals surface area contributed by atoms with Crippen LogP contribution in [0.3, 0.4) is 0 Å². The molecule has 268 valence electrons. The highest BCUT2D eigenvalue weighted by Gasteiger charge is 2.53. The molecule has 4 heterocycles. The molecule has 13 heteroatoms. The second-order valence-corrected chi connectivity index (χ2v) is 14.0. The molecule has 1 aromatic heterocycles. The van der Waals surface area contributed by atoms with Crippen molar-refractivity contribution in [2.75, 3.05) is 13.2 Å². The molecule has 1 saturated heterocycles. The first-order valence-corrected chi connectivity index (χ1v) is 16.7. The van der Waals surface area contributed by atoms with Crippen molar-refractivity contribution in [3.63, 3.8) is 0 Å². The number of aromatic nitrogens is 2. The van der Waals surface area contributed by atoms with Gasteiger partial charge in [0.25, 0.3) is 0 Å². The predicted octanol–water partition coefficient (Wildman–Crippen LogP) is 3.16. The summed E-state index contributed by atoms with van der Waals surface area (Å²) in [6, 6.07) is 0. The quantitative estimate of drug-likeness (QED) is 0.169. The Hall–Kier alpha value is -3.62. The third-order valence-corrected chi connectivity index (χ3v) is 9.87. The molecule has 13 nitrogen and oxygen atoms in total. The van der Waals surface area contributed by atoms with Gasteiger partial charge in [0.2, 0.25) is 5.79 Å². The van der Waals surface area contributed by atoms with E-state index >= 15 is 0 Å². The maximum absolute atomic E-state index is 13.2. The monoisotopic (exact) mass is 684 g/mol. The van der Waals surface area contributed by atoms with Crippen molar-refractivity contribution in [1.29, 1.82) is 0 Å². The number of hydrogen-bond acceptors (Lipinski definition) is 12. The molecule has 49 heavy (non-hydrogen) atoms. The topological polar surface area (TPSA) is 165 Å². The third kappa shape index (κ3) is 8.24. The summed E-state index contributed by atoms with van der Waals surface area (Å²) in [6.07, 6.45) is 9.28. The molecule has 10 atom stereocenters. The number of aryl methyl sites for hydroxylation is 1. The summed E-state index contributed by atoms with van der Waals surface area (Å²) in [5.74, 6) is -3.57. The number of carbonyl (C=O) groups excluding carboxylic acids is 3. The molecular weight excluding hydrogens is 636 g/mol. The van der Waals surface area contributed by atoms with Gasteiger partial charge in [0.15, 0.2) is 18.5 Å². The zero-order valence-corrected chi connectivity index (χ0v) is 29.1. The van der Waals surface area contributed by atoms with Gasteiger partial charge < -0.3 is 43.2 Å². The van der Waals surface area contributed by atoms with Crippen LogP contribution in [0, 0.1) is 23.7 Å². The van der Waals surface area contributed by atoms with Crippen LogP contribution in [-0.4, -0.2) is 93.0 Å². The molecule has 1 aliphatic carbocycles. The van der Waals surface area contributed by atoms with Crippen molar-refractivity contribution in [3.8, 4) is 0 Å². The van der Waals surface area contributed by atoms with E-state index in [1.165, 1.54) is 26.0 Å². The van der Waals surface area contributed by atoms with E-state index in [1.807, 2.05) is 13.1 Å². The molecule has 3 aliphatic heterocycles. The van der Waals surface area contributed by atoms with Crippen LogP contribution in [0.5, 0.6) is 0 Å². The predicted molar refractivity (Wildman–Crippen MR) is 175 cm³/mol. The molecule has 1 aromatic rings.